The van der Waals surface area contributed by atoms with Crippen LogP contribution in [0.5, 0.6) is 5.75 Å². The molecule has 0 radical (unpaired) electrons. The first-order valence-corrected chi connectivity index (χ1v) is 9.07. The standard InChI is InChI=1S/C24H20N2O2/c1-17-8-6-10-19(14-17)23-25-22(16-18-9-7-13-21(15-18)28-2)24(27)26(23)20-11-4-3-5-12-20/h3-16H,1-2H3/b22-16+. The van der Waals surface area contributed by atoms with E-state index in [1.165, 1.54) is 0 Å². The largest absolute Gasteiger partial charge is 0.497 e. The smallest absolute Gasteiger partial charge is 0.282 e. The van der Waals surface area contributed by atoms with Crippen LogP contribution in [0.15, 0.2) is 89.6 Å². The van der Waals surface area contributed by atoms with Crippen LogP contribution in [0.3, 0.4) is 0 Å². The van der Waals surface area contributed by atoms with Crippen LogP contribution in [0.1, 0.15) is 16.7 Å². The van der Waals surface area contributed by atoms with Crippen LogP contribution in [0.25, 0.3) is 6.08 Å². The van der Waals surface area contributed by atoms with Crippen molar-refractivity contribution >= 4 is 23.5 Å². The zero-order valence-electron chi connectivity index (χ0n) is 15.8. The van der Waals surface area contributed by atoms with Crippen molar-refractivity contribution < 1.29 is 9.53 Å². The van der Waals surface area contributed by atoms with Gasteiger partial charge < -0.3 is 4.74 Å². The highest BCUT2D eigenvalue weighted by Gasteiger charge is 2.32. The number of aliphatic imine (C=N–C) groups is 1. The first-order chi connectivity index (χ1) is 13.7. The summed E-state index contributed by atoms with van der Waals surface area (Å²) < 4.78 is 5.28. The minimum absolute atomic E-state index is 0.148. The van der Waals surface area contributed by atoms with Crippen LogP contribution < -0.4 is 9.64 Å². The fourth-order valence-electron chi connectivity index (χ4n) is 3.20. The highest BCUT2D eigenvalue weighted by Crippen LogP contribution is 2.28. The third-order valence-corrected chi connectivity index (χ3v) is 4.55. The SMILES string of the molecule is COc1cccc(/C=C2/N=C(c3cccc(C)c3)N(c3ccccc3)C2=O)c1. The van der Waals surface area contributed by atoms with Crippen molar-refractivity contribution in [1.29, 1.82) is 0 Å². The molecule has 1 aliphatic heterocycles. The summed E-state index contributed by atoms with van der Waals surface area (Å²) in [6.07, 6.45) is 1.80. The normalized spacial score (nSPS) is 15.1. The minimum Gasteiger partial charge on any atom is -0.497 e. The van der Waals surface area contributed by atoms with Crippen molar-refractivity contribution in [3.8, 4) is 5.75 Å². The lowest BCUT2D eigenvalue weighted by atomic mass is 10.1. The summed E-state index contributed by atoms with van der Waals surface area (Å²) in [6.45, 7) is 2.03. The summed E-state index contributed by atoms with van der Waals surface area (Å²) in [5.41, 5.74) is 4.08. The Bertz CT molecular complexity index is 1080. The number of para-hydroxylation sites is 1. The minimum atomic E-state index is -0.148. The van der Waals surface area contributed by atoms with Crippen LogP contribution in [-0.4, -0.2) is 18.9 Å². The second kappa shape index (κ2) is 7.53. The molecule has 0 bridgehead atoms. The van der Waals surface area contributed by atoms with E-state index in [-0.39, 0.29) is 5.91 Å². The van der Waals surface area contributed by atoms with E-state index in [1.54, 1.807) is 18.1 Å². The number of hydrogen-bond acceptors (Lipinski definition) is 3. The predicted molar refractivity (Wildman–Crippen MR) is 113 cm³/mol. The number of carbonyl (C=O) groups is 1. The van der Waals surface area contributed by atoms with E-state index in [0.717, 1.165) is 28.1 Å². The van der Waals surface area contributed by atoms with E-state index >= 15 is 0 Å². The lowest BCUT2D eigenvalue weighted by Gasteiger charge is -2.18. The molecule has 0 aromatic heterocycles. The van der Waals surface area contributed by atoms with Gasteiger partial charge in [0.15, 0.2) is 0 Å². The maximum atomic E-state index is 13.2. The highest BCUT2D eigenvalue weighted by atomic mass is 16.5. The molecule has 0 aliphatic carbocycles. The molecular formula is C24H20N2O2. The highest BCUT2D eigenvalue weighted by molar-refractivity contribution is 6.33. The van der Waals surface area contributed by atoms with Crippen LogP contribution >= 0.6 is 0 Å². The average Bonchev–Trinajstić information content (AvgIpc) is 3.05. The maximum absolute atomic E-state index is 13.2. The molecular weight excluding hydrogens is 348 g/mol. The Hall–Kier alpha value is -3.66. The molecule has 0 spiro atoms. The first-order valence-electron chi connectivity index (χ1n) is 9.07. The third kappa shape index (κ3) is 3.45. The number of amidine groups is 1. The topological polar surface area (TPSA) is 41.9 Å². The van der Waals surface area contributed by atoms with E-state index in [2.05, 4.69) is 0 Å². The molecule has 0 unspecified atom stereocenters. The fraction of sp³-hybridized carbons (Fsp3) is 0.0833. The quantitative estimate of drug-likeness (QED) is 0.619. The van der Waals surface area contributed by atoms with Gasteiger partial charge in [0, 0.05) is 5.56 Å². The number of benzene rings is 3. The van der Waals surface area contributed by atoms with E-state index < -0.39 is 0 Å². The number of nitrogens with zero attached hydrogens (tertiary/aromatic N) is 2. The van der Waals surface area contributed by atoms with Gasteiger partial charge in [0.25, 0.3) is 5.91 Å². The monoisotopic (exact) mass is 368 g/mol. The summed E-state index contributed by atoms with van der Waals surface area (Å²) >= 11 is 0. The van der Waals surface area contributed by atoms with Gasteiger partial charge in [0.05, 0.1) is 12.8 Å². The molecule has 0 saturated heterocycles. The van der Waals surface area contributed by atoms with Gasteiger partial charge in [-0.15, -0.1) is 0 Å². The number of aryl methyl sites for hydroxylation is 1. The van der Waals surface area contributed by atoms with Crippen molar-refractivity contribution in [3.63, 3.8) is 0 Å². The number of ether oxygens (including phenoxy) is 1. The molecule has 1 amide bonds. The Morgan fingerprint density at radius 1 is 0.929 bits per heavy atom. The zero-order valence-corrected chi connectivity index (χ0v) is 15.8. The Morgan fingerprint density at radius 3 is 2.46 bits per heavy atom. The molecule has 4 nitrogen and oxygen atoms in total. The third-order valence-electron chi connectivity index (χ3n) is 4.55. The van der Waals surface area contributed by atoms with Crippen molar-refractivity contribution in [2.75, 3.05) is 12.0 Å². The van der Waals surface area contributed by atoms with E-state index in [4.69, 9.17) is 9.73 Å². The van der Waals surface area contributed by atoms with Gasteiger partial charge in [-0.1, -0.05) is 54.1 Å². The lowest BCUT2D eigenvalue weighted by molar-refractivity contribution is -0.113. The molecule has 3 aromatic rings. The summed E-state index contributed by atoms with van der Waals surface area (Å²) in [5, 5.41) is 0. The fourth-order valence-corrected chi connectivity index (χ4v) is 3.20. The Balaban J connectivity index is 1.82. The molecule has 4 rings (SSSR count). The van der Waals surface area contributed by atoms with Crippen LogP contribution in [-0.2, 0) is 4.79 Å². The average molecular weight is 368 g/mol. The molecule has 28 heavy (non-hydrogen) atoms. The Kier molecular flexibility index (Phi) is 4.77. The maximum Gasteiger partial charge on any atom is 0.282 e. The number of amides is 1. The van der Waals surface area contributed by atoms with Crippen LogP contribution in [0.4, 0.5) is 5.69 Å². The molecule has 138 valence electrons. The van der Waals surface area contributed by atoms with Crippen molar-refractivity contribution in [1.82, 2.24) is 0 Å². The molecule has 3 aromatic carbocycles. The number of rotatable bonds is 4. The summed E-state index contributed by atoms with van der Waals surface area (Å²) in [5.74, 6) is 1.22. The molecule has 0 fully saturated rings. The zero-order chi connectivity index (χ0) is 19.5. The molecule has 1 aliphatic rings. The molecule has 4 heteroatoms. The lowest BCUT2D eigenvalue weighted by Crippen LogP contribution is -2.32. The second-order valence-corrected chi connectivity index (χ2v) is 6.59. The Labute approximate surface area is 164 Å². The predicted octanol–water partition coefficient (Wildman–Crippen LogP) is 4.84. The van der Waals surface area contributed by atoms with Crippen LogP contribution in [0, 0.1) is 6.92 Å². The van der Waals surface area contributed by atoms with E-state index in [0.29, 0.717) is 11.5 Å². The van der Waals surface area contributed by atoms with Crippen LogP contribution in [0.2, 0.25) is 0 Å². The molecule has 0 atom stereocenters. The van der Waals surface area contributed by atoms with Crippen molar-refractivity contribution in [2.45, 2.75) is 6.92 Å². The number of anilines is 1. The summed E-state index contributed by atoms with van der Waals surface area (Å²) in [7, 11) is 1.62. The Morgan fingerprint density at radius 2 is 1.71 bits per heavy atom. The number of methoxy groups -OCH3 is 1. The van der Waals surface area contributed by atoms with Gasteiger partial charge in [-0.3, -0.25) is 9.69 Å². The first kappa shape index (κ1) is 17.7. The van der Waals surface area contributed by atoms with Gasteiger partial charge in [0.1, 0.15) is 17.3 Å². The van der Waals surface area contributed by atoms with Crippen molar-refractivity contribution in [3.05, 3.63) is 101 Å². The van der Waals surface area contributed by atoms with E-state index in [9.17, 15) is 4.79 Å². The molecule has 0 N–H and O–H groups in total. The van der Waals surface area contributed by atoms with E-state index in [1.807, 2.05) is 85.8 Å². The molecule has 1 heterocycles. The van der Waals surface area contributed by atoms with Gasteiger partial charge in [-0.25, -0.2) is 4.99 Å². The summed E-state index contributed by atoms with van der Waals surface area (Å²) in [6, 6.07) is 25.2. The summed E-state index contributed by atoms with van der Waals surface area (Å²) in [4.78, 5) is 19.6. The van der Waals surface area contributed by atoms with Gasteiger partial charge in [-0.05, 0) is 48.9 Å². The number of carbonyl (C=O) groups excluding carboxylic acids is 1. The second-order valence-electron chi connectivity index (χ2n) is 6.59. The number of hydrogen-bond donors (Lipinski definition) is 0. The molecule has 0 saturated carbocycles. The van der Waals surface area contributed by atoms with Gasteiger partial charge in [0.2, 0.25) is 0 Å². The van der Waals surface area contributed by atoms with Crippen molar-refractivity contribution in [2.24, 2.45) is 4.99 Å². The van der Waals surface area contributed by atoms with Gasteiger partial charge >= 0.3 is 0 Å². The van der Waals surface area contributed by atoms with Gasteiger partial charge in [-0.2, -0.15) is 0 Å².